The van der Waals surface area contributed by atoms with Gasteiger partial charge in [-0.15, -0.1) is 0 Å². The second-order valence-electron chi connectivity index (χ2n) is 4.61. The van der Waals surface area contributed by atoms with Crippen LogP contribution in [0.1, 0.15) is 32.5 Å². The molecule has 0 aliphatic heterocycles. The van der Waals surface area contributed by atoms with Gasteiger partial charge in [0, 0.05) is 32.0 Å². The number of hydrogen-bond acceptors (Lipinski definition) is 5. The van der Waals surface area contributed by atoms with Crippen molar-refractivity contribution in [2.75, 3.05) is 13.1 Å². The highest BCUT2D eigenvalue weighted by atomic mass is 16.5. The minimum atomic E-state index is -0.855. The van der Waals surface area contributed by atoms with Crippen molar-refractivity contribution in [2.24, 2.45) is 0 Å². The predicted octanol–water partition coefficient (Wildman–Crippen LogP) is 0.897. The number of carboxylic acids is 1. The fourth-order valence-electron chi connectivity index (χ4n) is 1.68. The molecule has 0 saturated heterocycles. The van der Waals surface area contributed by atoms with E-state index in [0.29, 0.717) is 31.8 Å². The number of aromatic nitrogens is 2. The molecule has 8 heteroatoms. The van der Waals surface area contributed by atoms with E-state index in [2.05, 4.69) is 20.0 Å². The van der Waals surface area contributed by atoms with Crippen molar-refractivity contribution in [3.63, 3.8) is 0 Å². The first kappa shape index (κ1) is 15.9. The molecular weight excluding hydrogens is 264 g/mol. The fraction of sp³-hybridized carbons (Fsp3) is 0.667. The molecule has 2 amide bonds. The maximum Gasteiger partial charge on any atom is 0.317 e. The molecule has 0 atom stereocenters. The van der Waals surface area contributed by atoms with Gasteiger partial charge in [0.15, 0.2) is 5.82 Å². The molecule has 1 aromatic heterocycles. The summed E-state index contributed by atoms with van der Waals surface area (Å²) < 4.78 is 4.59. The lowest BCUT2D eigenvalue weighted by atomic mass is 10.2. The maximum atomic E-state index is 12.0. The molecule has 20 heavy (non-hydrogen) atoms. The molecule has 0 aromatic carbocycles. The molecule has 112 valence electrons. The molecule has 8 nitrogen and oxygen atoms in total. The Balaban J connectivity index is 2.33. The van der Waals surface area contributed by atoms with E-state index in [9.17, 15) is 9.59 Å². The normalized spacial score (nSPS) is 10.6. The van der Waals surface area contributed by atoms with Gasteiger partial charge in [0.25, 0.3) is 0 Å². The summed E-state index contributed by atoms with van der Waals surface area (Å²) in [6, 6.07) is -0.206. The molecule has 0 bridgehead atoms. The van der Waals surface area contributed by atoms with Crippen LogP contribution in [-0.4, -0.2) is 51.3 Å². The van der Waals surface area contributed by atoms with Gasteiger partial charge < -0.3 is 19.8 Å². The molecule has 0 radical (unpaired) electrons. The summed E-state index contributed by atoms with van der Waals surface area (Å²) in [6.07, 6.45) is 2.22. The van der Waals surface area contributed by atoms with Crippen molar-refractivity contribution in [3.05, 3.63) is 12.2 Å². The Morgan fingerprint density at radius 3 is 2.80 bits per heavy atom. The molecule has 0 fully saturated rings. The highest BCUT2D eigenvalue weighted by Crippen LogP contribution is 2.02. The van der Waals surface area contributed by atoms with Gasteiger partial charge in [-0.25, -0.2) is 4.79 Å². The Morgan fingerprint density at radius 1 is 1.50 bits per heavy atom. The second kappa shape index (κ2) is 8.13. The third-order valence-electron chi connectivity index (χ3n) is 2.71. The number of hydrogen-bond donors (Lipinski definition) is 2. The van der Waals surface area contributed by atoms with Crippen LogP contribution in [0.3, 0.4) is 0 Å². The number of amides is 2. The number of carbonyl (C=O) groups excluding carboxylic acids is 1. The highest BCUT2D eigenvalue weighted by molar-refractivity contribution is 5.74. The summed E-state index contributed by atoms with van der Waals surface area (Å²) in [6.45, 7) is 4.59. The molecule has 1 rings (SSSR count). The topological polar surface area (TPSA) is 109 Å². The SMILES string of the molecule is CC(C)N(CCCC(=O)O)C(=O)NCCc1ncon1. The standard InChI is InChI=1S/C12H20N4O4/c1-9(2)16(7-3-4-11(17)18)12(19)13-6-5-10-14-8-20-15-10/h8-9H,3-7H2,1-2H3,(H,13,19)(H,17,18). The molecule has 1 heterocycles. The quantitative estimate of drug-likeness (QED) is 0.734. The highest BCUT2D eigenvalue weighted by Gasteiger charge is 2.16. The molecular formula is C12H20N4O4. The van der Waals surface area contributed by atoms with E-state index in [-0.39, 0.29) is 18.5 Å². The van der Waals surface area contributed by atoms with E-state index in [0.717, 1.165) is 0 Å². The number of aliphatic carboxylic acids is 1. The van der Waals surface area contributed by atoms with Gasteiger partial charge in [-0.1, -0.05) is 5.16 Å². The third kappa shape index (κ3) is 5.68. The molecule has 0 saturated carbocycles. The van der Waals surface area contributed by atoms with Crippen LogP contribution in [0.5, 0.6) is 0 Å². The minimum Gasteiger partial charge on any atom is -0.481 e. The summed E-state index contributed by atoms with van der Waals surface area (Å²) in [5, 5.41) is 15.0. The third-order valence-corrected chi connectivity index (χ3v) is 2.71. The second-order valence-corrected chi connectivity index (χ2v) is 4.61. The summed E-state index contributed by atoms with van der Waals surface area (Å²) >= 11 is 0. The van der Waals surface area contributed by atoms with E-state index in [1.54, 1.807) is 4.90 Å². The van der Waals surface area contributed by atoms with Crippen LogP contribution < -0.4 is 5.32 Å². The van der Waals surface area contributed by atoms with E-state index < -0.39 is 5.97 Å². The zero-order valence-corrected chi connectivity index (χ0v) is 11.7. The Labute approximate surface area is 117 Å². The predicted molar refractivity (Wildman–Crippen MR) is 70.1 cm³/mol. The summed E-state index contributed by atoms with van der Waals surface area (Å²) in [4.78, 5) is 27.9. The first-order valence-electron chi connectivity index (χ1n) is 6.52. The first-order chi connectivity index (χ1) is 9.50. The van der Waals surface area contributed by atoms with Crippen molar-refractivity contribution in [1.29, 1.82) is 0 Å². The number of carboxylic acid groups (broad SMARTS) is 1. The zero-order valence-electron chi connectivity index (χ0n) is 11.7. The number of nitrogens with one attached hydrogen (secondary N) is 1. The van der Waals surface area contributed by atoms with Crippen LogP contribution in [0.4, 0.5) is 4.79 Å². The smallest absolute Gasteiger partial charge is 0.317 e. The molecule has 0 spiro atoms. The molecule has 1 aromatic rings. The lowest BCUT2D eigenvalue weighted by Gasteiger charge is -2.26. The number of urea groups is 1. The Kier molecular flexibility index (Phi) is 6.48. The largest absolute Gasteiger partial charge is 0.481 e. The van der Waals surface area contributed by atoms with Crippen LogP contribution in [0.2, 0.25) is 0 Å². The average molecular weight is 284 g/mol. The van der Waals surface area contributed by atoms with Crippen LogP contribution >= 0.6 is 0 Å². The molecule has 2 N–H and O–H groups in total. The van der Waals surface area contributed by atoms with E-state index in [1.807, 2.05) is 13.8 Å². The lowest BCUT2D eigenvalue weighted by Crippen LogP contribution is -2.45. The van der Waals surface area contributed by atoms with Crippen LogP contribution in [-0.2, 0) is 11.2 Å². The van der Waals surface area contributed by atoms with Crippen molar-refractivity contribution in [2.45, 2.75) is 39.2 Å². The Hall–Kier alpha value is -2.12. The average Bonchev–Trinajstić information content (AvgIpc) is 2.86. The van der Waals surface area contributed by atoms with Crippen molar-refractivity contribution in [3.8, 4) is 0 Å². The number of rotatable bonds is 8. The molecule has 0 aliphatic carbocycles. The van der Waals surface area contributed by atoms with Gasteiger partial charge in [-0.2, -0.15) is 4.98 Å². The van der Waals surface area contributed by atoms with Gasteiger partial charge in [0.1, 0.15) is 0 Å². The number of nitrogens with zero attached hydrogens (tertiary/aromatic N) is 3. The lowest BCUT2D eigenvalue weighted by molar-refractivity contribution is -0.137. The Bertz CT molecular complexity index is 419. The van der Waals surface area contributed by atoms with Gasteiger partial charge in [0.2, 0.25) is 6.39 Å². The van der Waals surface area contributed by atoms with E-state index in [1.165, 1.54) is 6.39 Å². The summed E-state index contributed by atoms with van der Waals surface area (Å²) in [7, 11) is 0. The molecule has 0 aliphatic rings. The maximum absolute atomic E-state index is 12.0. The fourth-order valence-corrected chi connectivity index (χ4v) is 1.68. The van der Waals surface area contributed by atoms with Gasteiger partial charge >= 0.3 is 12.0 Å². The first-order valence-corrected chi connectivity index (χ1v) is 6.52. The van der Waals surface area contributed by atoms with E-state index in [4.69, 9.17) is 5.11 Å². The Morgan fingerprint density at radius 2 is 2.25 bits per heavy atom. The van der Waals surface area contributed by atoms with E-state index >= 15 is 0 Å². The van der Waals surface area contributed by atoms with Crippen molar-refractivity contribution < 1.29 is 19.2 Å². The van der Waals surface area contributed by atoms with Crippen molar-refractivity contribution >= 4 is 12.0 Å². The monoisotopic (exact) mass is 284 g/mol. The van der Waals surface area contributed by atoms with Gasteiger partial charge in [0.05, 0.1) is 0 Å². The van der Waals surface area contributed by atoms with Crippen molar-refractivity contribution in [1.82, 2.24) is 20.4 Å². The summed E-state index contributed by atoms with van der Waals surface area (Å²) in [5.74, 6) is -0.321. The van der Waals surface area contributed by atoms with Gasteiger partial charge in [-0.05, 0) is 20.3 Å². The minimum absolute atomic E-state index is 0.00831. The van der Waals surface area contributed by atoms with Crippen LogP contribution in [0.25, 0.3) is 0 Å². The summed E-state index contributed by atoms with van der Waals surface area (Å²) in [5.41, 5.74) is 0. The zero-order chi connectivity index (χ0) is 15.0. The molecule has 0 unspecified atom stereocenters. The van der Waals surface area contributed by atoms with Gasteiger partial charge in [-0.3, -0.25) is 4.79 Å². The van der Waals surface area contributed by atoms with Crippen LogP contribution in [0, 0.1) is 0 Å². The number of carbonyl (C=O) groups is 2. The van der Waals surface area contributed by atoms with Crippen LogP contribution in [0.15, 0.2) is 10.9 Å².